The third kappa shape index (κ3) is 7.58. The molecule has 1 N–H and O–H groups in total. The summed E-state index contributed by atoms with van der Waals surface area (Å²) in [5, 5.41) is 2.51. The van der Waals surface area contributed by atoms with E-state index in [-0.39, 0.29) is 18.0 Å². The Morgan fingerprint density at radius 3 is 2.37 bits per heavy atom. The summed E-state index contributed by atoms with van der Waals surface area (Å²) in [6, 6.07) is 10.1. The summed E-state index contributed by atoms with van der Waals surface area (Å²) in [6.45, 7) is 2.56. The Balaban J connectivity index is 2.12. The number of carbonyl (C=O) groups is 1. The van der Waals surface area contributed by atoms with Gasteiger partial charge >= 0.3 is 22.3 Å². The van der Waals surface area contributed by atoms with Crippen LogP contribution >= 0.6 is 0 Å². The fourth-order valence-corrected chi connectivity index (χ4v) is 3.08. The molecule has 0 fully saturated rings. The van der Waals surface area contributed by atoms with Crippen LogP contribution in [-0.2, 0) is 22.8 Å². The summed E-state index contributed by atoms with van der Waals surface area (Å²) in [4.78, 5) is 14.2. The number of nitrogens with one attached hydrogen (secondary N) is 1. The van der Waals surface area contributed by atoms with Crippen molar-refractivity contribution in [1.29, 1.82) is 0 Å². The highest BCUT2D eigenvalue weighted by Gasteiger charge is 2.30. The standard InChI is InChI=1S/C20H23F3N2O4S/c1-3-4-12-25(14-15-8-10-18(11-9-15)29-30(2,27)28)19(26)24-17-7-5-6-16(13-17)20(21,22)23/h5-11,13H,3-4,12,14H2,1-2H3,(H,24,26). The zero-order chi connectivity index (χ0) is 22.4. The molecule has 0 aliphatic heterocycles. The van der Waals surface area contributed by atoms with Crippen molar-refractivity contribution in [2.24, 2.45) is 0 Å². The first-order valence-corrected chi connectivity index (χ1v) is 11.0. The fraction of sp³-hybridized carbons (Fsp3) is 0.350. The Bertz CT molecular complexity index is 961. The summed E-state index contributed by atoms with van der Waals surface area (Å²) in [5.41, 5.74) is -0.0822. The van der Waals surface area contributed by atoms with Crippen molar-refractivity contribution < 1.29 is 30.6 Å². The Morgan fingerprint density at radius 2 is 1.80 bits per heavy atom. The van der Waals surface area contributed by atoms with Crippen LogP contribution in [0.4, 0.5) is 23.7 Å². The summed E-state index contributed by atoms with van der Waals surface area (Å²) < 4.78 is 65.8. The number of benzene rings is 2. The SMILES string of the molecule is CCCCN(Cc1ccc(OS(C)(=O)=O)cc1)C(=O)Nc1cccc(C(F)(F)F)c1. The van der Waals surface area contributed by atoms with Gasteiger partial charge in [-0.05, 0) is 42.3 Å². The van der Waals surface area contributed by atoms with Crippen molar-refractivity contribution in [3.8, 4) is 5.75 Å². The Hall–Kier alpha value is -2.75. The second-order valence-corrected chi connectivity index (χ2v) is 8.29. The number of urea groups is 1. The third-order valence-electron chi connectivity index (χ3n) is 4.05. The lowest BCUT2D eigenvalue weighted by atomic mass is 10.2. The number of amides is 2. The van der Waals surface area contributed by atoms with Crippen molar-refractivity contribution in [2.45, 2.75) is 32.5 Å². The molecule has 2 aromatic carbocycles. The van der Waals surface area contributed by atoms with Gasteiger partial charge in [0.2, 0.25) is 0 Å². The van der Waals surface area contributed by atoms with Crippen LogP contribution in [0.1, 0.15) is 30.9 Å². The maximum absolute atomic E-state index is 12.9. The molecule has 0 aliphatic rings. The van der Waals surface area contributed by atoms with E-state index in [0.717, 1.165) is 24.8 Å². The Kier molecular flexibility index (Phi) is 7.71. The molecule has 0 unspecified atom stereocenters. The maximum Gasteiger partial charge on any atom is 0.416 e. The molecule has 0 atom stereocenters. The molecule has 0 saturated carbocycles. The molecule has 164 valence electrons. The second-order valence-electron chi connectivity index (χ2n) is 6.72. The van der Waals surface area contributed by atoms with Crippen LogP contribution in [0, 0.1) is 0 Å². The number of halogens is 3. The zero-order valence-corrected chi connectivity index (χ0v) is 17.4. The van der Waals surface area contributed by atoms with Crippen LogP contribution in [0.5, 0.6) is 5.75 Å². The average molecular weight is 444 g/mol. The highest BCUT2D eigenvalue weighted by Crippen LogP contribution is 2.30. The van der Waals surface area contributed by atoms with Crippen LogP contribution in [0.3, 0.4) is 0 Å². The first-order chi connectivity index (χ1) is 14.0. The van der Waals surface area contributed by atoms with E-state index in [2.05, 4.69) is 5.32 Å². The first-order valence-electron chi connectivity index (χ1n) is 9.19. The van der Waals surface area contributed by atoms with E-state index in [9.17, 15) is 26.4 Å². The van der Waals surface area contributed by atoms with Gasteiger partial charge in [-0.2, -0.15) is 21.6 Å². The third-order valence-corrected chi connectivity index (χ3v) is 4.55. The van der Waals surface area contributed by atoms with Gasteiger partial charge in [-0.25, -0.2) is 4.79 Å². The topological polar surface area (TPSA) is 75.7 Å². The first kappa shape index (κ1) is 23.5. The Morgan fingerprint density at radius 1 is 1.13 bits per heavy atom. The molecule has 2 aromatic rings. The number of nitrogens with zero attached hydrogens (tertiary/aromatic N) is 1. The van der Waals surface area contributed by atoms with Gasteiger partial charge in [0.1, 0.15) is 5.75 Å². The van der Waals surface area contributed by atoms with Crippen molar-refractivity contribution in [3.63, 3.8) is 0 Å². The minimum absolute atomic E-state index is 0.0493. The van der Waals surface area contributed by atoms with Gasteiger partial charge < -0.3 is 14.4 Å². The maximum atomic E-state index is 12.9. The summed E-state index contributed by atoms with van der Waals surface area (Å²) >= 11 is 0. The molecule has 0 spiro atoms. The van der Waals surface area contributed by atoms with Gasteiger partial charge in [0.25, 0.3) is 0 Å². The van der Waals surface area contributed by atoms with Crippen molar-refractivity contribution in [2.75, 3.05) is 18.1 Å². The molecule has 0 bridgehead atoms. The van der Waals surface area contributed by atoms with Gasteiger partial charge in [0, 0.05) is 18.8 Å². The quantitative estimate of drug-likeness (QED) is 0.589. The smallest absolute Gasteiger partial charge is 0.383 e. The molecule has 0 radical (unpaired) electrons. The fourth-order valence-electron chi connectivity index (χ4n) is 2.62. The van der Waals surface area contributed by atoms with Crippen molar-refractivity contribution in [3.05, 3.63) is 59.7 Å². The summed E-state index contributed by atoms with van der Waals surface area (Å²) in [7, 11) is -3.64. The van der Waals surface area contributed by atoms with Gasteiger partial charge in [-0.1, -0.05) is 31.5 Å². The van der Waals surface area contributed by atoms with Crippen LogP contribution < -0.4 is 9.50 Å². The van der Waals surface area contributed by atoms with Crippen LogP contribution in [-0.4, -0.2) is 32.1 Å². The van der Waals surface area contributed by atoms with E-state index in [0.29, 0.717) is 18.5 Å². The number of alkyl halides is 3. The number of carbonyl (C=O) groups excluding carboxylic acids is 1. The molecule has 2 amide bonds. The van der Waals surface area contributed by atoms with E-state index < -0.39 is 27.9 Å². The minimum Gasteiger partial charge on any atom is -0.383 e. The molecule has 0 saturated heterocycles. The zero-order valence-electron chi connectivity index (χ0n) is 16.6. The van der Waals surface area contributed by atoms with Crippen molar-refractivity contribution in [1.82, 2.24) is 4.90 Å². The predicted octanol–water partition coefficient (Wildman–Crippen LogP) is 4.88. The number of hydrogen-bond acceptors (Lipinski definition) is 4. The van der Waals surface area contributed by atoms with E-state index in [1.165, 1.54) is 29.2 Å². The highest BCUT2D eigenvalue weighted by molar-refractivity contribution is 7.86. The number of unbranched alkanes of at least 4 members (excludes halogenated alkanes) is 1. The van der Waals surface area contributed by atoms with E-state index in [4.69, 9.17) is 4.18 Å². The molecular formula is C20H23F3N2O4S. The van der Waals surface area contributed by atoms with Crippen LogP contribution in [0.15, 0.2) is 48.5 Å². The monoisotopic (exact) mass is 444 g/mol. The minimum atomic E-state index is -4.50. The highest BCUT2D eigenvalue weighted by atomic mass is 32.2. The molecule has 30 heavy (non-hydrogen) atoms. The average Bonchev–Trinajstić information content (AvgIpc) is 2.64. The van der Waals surface area contributed by atoms with Gasteiger partial charge in [-0.15, -0.1) is 0 Å². The molecular weight excluding hydrogens is 421 g/mol. The number of hydrogen-bond donors (Lipinski definition) is 1. The van der Waals surface area contributed by atoms with Gasteiger partial charge in [0.05, 0.1) is 11.8 Å². The molecule has 10 heteroatoms. The molecule has 0 aliphatic carbocycles. The van der Waals surface area contributed by atoms with E-state index in [1.54, 1.807) is 12.1 Å². The Labute approximate surface area is 173 Å². The second kappa shape index (κ2) is 9.84. The lowest BCUT2D eigenvalue weighted by Gasteiger charge is -2.23. The number of anilines is 1. The summed E-state index contributed by atoms with van der Waals surface area (Å²) in [6.07, 6.45) is -2.02. The van der Waals surface area contributed by atoms with Gasteiger partial charge in [-0.3, -0.25) is 0 Å². The number of rotatable bonds is 8. The van der Waals surface area contributed by atoms with Crippen LogP contribution in [0.25, 0.3) is 0 Å². The lowest BCUT2D eigenvalue weighted by Crippen LogP contribution is -2.35. The van der Waals surface area contributed by atoms with Crippen LogP contribution in [0.2, 0.25) is 0 Å². The largest absolute Gasteiger partial charge is 0.416 e. The van der Waals surface area contributed by atoms with Gasteiger partial charge in [0.15, 0.2) is 0 Å². The predicted molar refractivity (Wildman–Crippen MR) is 108 cm³/mol. The molecule has 0 heterocycles. The summed E-state index contributed by atoms with van der Waals surface area (Å²) in [5.74, 6) is 0.148. The lowest BCUT2D eigenvalue weighted by molar-refractivity contribution is -0.137. The normalized spacial score (nSPS) is 11.8. The van der Waals surface area contributed by atoms with Crippen molar-refractivity contribution >= 4 is 21.8 Å². The van der Waals surface area contributed by atoms with E-state index in [1.807, 2.05) is 6.92 Å². The van der Waals surface area contributed by atoms with E-state index >= 15 is 0 Å². The molecule has 6 nitrogen and oxygen atoms in total. The molecule has 0 aromatic heterocycles. The molecule has 2 rings (SSSR count).